The van der Waals surface area contributed by atoms with Crippen LogP contribution in [0.1, 0.15) is 22.1 Å². The Morgan fingerprint density at radius 3 is 2.81 bits per heavy atom. The molecule has 1 amide bonds. The number of nitrogens with zero attached hydrogens (tertiary/aromatic N) is 2. The van der Waals surface area contributed by atoms with Gasteiger partial charge in [-0.25, -0.2) is 0 Å². The van der Waals surface area contributed by atoms with Gasteiger partial charge in [-0.05, 0) is 30.3 Å². The number of nitrogens with one attached hydrogen (secondary N) is 1. The Kier molecular flexibility index (Phi) is 5.70. The van der Waals surface area contributed by atoms with Crippen molar-refractivity contribution in [3.8, 4) is 11.5 Å². The van der Waals surface area contributed by atoms with Crippen LogP contribution >= 0.6 is 11.6 Å². The number of methoxy groups -OCH3 is 1. The smallest absolute Gasteiger partial charge is 0.264 e. The van der Waals surface area contributed by atoms with E-state index in [0.717, 1.165) is 0 Å². The van der Waals surface area contributed by atoms with Gasteiger partial charge in [0.05, 0.1) is 19.2 Å². The lowest BCUT2D eigenvalue weighted by Crippen LogP contribution is -2.24. The van der Waals surface area contributed by atoms with Crippen molar-refractivity contribution in [2.45, 2.75) is 13.2 Å². The summed E-state index contributed by atoms with van der Waals surface area (Å²) >= 11 is 5.89. The number of amides is 1. The lowest BCUT2D eigenvalue weighted by atomic mass is 10.2. The van der Waals surface area contributed by atoms with Crippen LogP contribution in [-0.4, -0.2) is 23.2 Å². The van der Waals surface area contributed by atoms with E-state index >= 15 is 0 Å². The number of benzene rings is 2. The molecule has 0 aliphatic carbocycles. The average Bonchev–Trinajstić information content (AvgIpc) is 3.13. The molecule has 0 aliphatic heterocycles. The zero-order valence-electron chi connectivity index (χ0n) is 13.9. The fourth-order valence-electron chi connectivity index (χ4n) is 2.19. The van der Waals surface area contributed by atoms with Crippen LogP contribution in [0, 0.1) is 0 Å². The summed E-state index contributed by atoms with van der Waals surface area (Å²) in [4.78, 5) is 16.5. The number of halogens is 1. The second kappa shape index (κ2) is 8.35. The molecule has 0 bridgehead atoms. The van der Waals surface area contributed by atoms with Gasteiger partial charge in [-0.15, -0.1) is 0 Å². The number of ether oxygens (including phenoxy) is 2. The molecule has 1 aromatic heterocycles. The third-order valence-corrected chi connectivity index (χ3v) is 3.67. The highest BCUT2D eigenvalue weighted by Gasteiger charge is 2.14. The quantitative estimate of drug-likeness (QED) is 0.684. The monoisotopic (exact) mass is 373 g/mol. The molecule has 0 atom stereocenters. The number of hydrogen-bond donors (Lipinski definition) is 1. The molecular weight excluding hydrogens is 358 g/mol. The van der Waals surface area contributed by atoms with E-state index in [-0.39, 0.29) is 19.1 Å². The second-order valence-corrected chi connectivity index (χ2v) is 5.67. The minimum absolute atomic E-state index is 0.111. The van der Waals surface area contributed by atoms with Crippen LogP contribution in [0.2, 0.25) is 5.02 Å². The molecule has 1 heterocycles. The van der Waals surface area contributed by atoms with Crippen molar-refractivity contribution in [3.63, 3.8) is 0 Å². The molecule has 0 radical (unpaired) electrons. The molecule has 134 valence electrons. The zero-order chi connectivity index (χ0) is 18.4. The first-order chi connectivity index (χ1) is 12.7. The van der Waals surface area contributed by atoms with Crippen molar-refractivity contribution in [1.29, 1.82) is 0 Å². The molecule has 0 spiro atoms. The lowest BCUT2D eigenvalue weighted by Gasteiger charge is -2.08. The van der Waals surface area contributed by atoms with Crippen molar-refractivity contribution in [2.24, 2.45) is 0 Å². The highest BCUT2D eigenvalue weighted by atomic mass is 35.5. The molecule has 0 unspecified atom stereocenters. The van der Waals surface area contributed by atoms with Crippen molar-refractivity contribution in [3.05, 3.63) is 70.8 Å². The van der Waals surface area contributed by atoms with E-state index in [2.05, 4.69) is 15.5 Å². The summed E-state index contributed by atoms with van der Waals surface area (Å²) in [6.07, 6.45) is 0. The minimum atomic E-state index is -0.328. The van der Waals surface area contributed by atoms with E-state index in [1.807, 2.05) is 30.3 Å². The summed E-state index contributed by atoms with van der Waals surface area (Å²) in [5.74, 6) is 1.43. The Morgan fingerprint density at radius 2 is 2.04 bits per heavy atom. The summed E-state index contributed by atoms with van der Waals surface area (Å²) in [6, 6.07) is 14.1. The number of carbonyl (C=O) groups excluding carboxylic acids is 1. The largest absolute Gasteiger partial charge is 0.496 e. The molecule has 0 aliphatic rings. The van der Waals surface area contributed by atoms with Gasteiger partial charge in [0.25, 0.3) is 11.8 Å². The van der Waals surface area contributed by atoms with E-state index in [1.165, 1.54) is 7.11 Å². The van der Waals surface area contributed by atoms with Crippen LogP contribution in [0.5, 0.6) is 11.5 Å². The fraction of sp³-hybridized carbons (Fsp3) is 0.167. The van der Waals surface area contributed by atoms with Crippen LogP contribution in [0.4, 0.5) is 0 Å². The Morgan fingerprint density at radius 1 is 1.23 bits per heavy atom. The summed E-state index contributed by atoms with van der Waals surface area (Å²) in [5, 5.41) is 7.01. The van der Waals surface area contributed by atoms with Gasteiger partial charge in [-0.1, -0.05) is 35.0 Å². The normalized spacial score (nSPS) is 10.4. The number of aromatic nitrogens is 2. The first-order valence-corrected chi connectivity index (χ1v) is 8.14. The molecule has 26 heavy (non-hydrogen) atoms. The third kappa shape index (κ3) is 4.52. The number of hydrogen-bond acceptors (Lipinski definition) is 6. The minimum Gasteiger partial charge on any atom is -0.496 e. The molecule has 0 fully saturated rings. The Bertz CT molecular complexity index is 883. The molecule has 8 heteroatoms. The van der Waals surface area contributed by atoms with E-state index in [0.29, 0.717) is 33.8 Å². The lowest BCUT2D eigenvalue weighted by molar-refractivity contribution is 0.0946. The van der Waals surface area contributed by atoms with Crippen LogP contribution < -0.4 is 14.8 Å². The Labute approximate surface area is 154 Å². The number of carbonyl (C=O) groups is 1. The molecule has 0 saturated heterocycles. The maximum absolute atomic E-state index is 12.3. The van der Waals surface area contributed by atoms with Gasteiger partial charge in [0, 0.05) is 5.02 Å². The third-order valence-electron chi connectivity index (χ3n) is 3.43. The predicted molar refractivity (Wildman–Crippen MR) is 94.2 cm³/mol. The highest BCUT2D eigenvalue weighted by molar-refractivity contribution is 6.30. The van der Waals surface area contributed by atoms with Gasteiger partial charge in [0.1, 0.15) is 11.5 Å². The summed E-state index contributed by atoms with van der Waals surface area (Å²) in [6.45, 7) is 0.259. The van der Waals surface area contributed by atoms with E-state index in [4.69, 9.17) is 25.6 Å². The van der Waals surface area contributed by atoms with Crippen molar-refractivity contribution in [1.82, 2.24) is 15.5 Å². The van der Waals surface area contributed by atoms with Gasteiger partial charge >= 0.3 is 0 Å². The topological polar surface area (TPSA) is 86.5 Å². The van der Waals surface area contributed by atoms with Gasteiger partial charge in [0.15, 0.2) is 12.4 Å². The van der Waals surface area contributed by atoms with E-state index in [1.54, 1.807) is 18.2 Å². The van der Waals surface area contributed by atoms with Gasteiger partial charge in [-0.3, -0.25) is 4.79 Å². The molecule has 0 saturated carbocycles. The number of rotatable bonds is 7. The van der Waals surface area contributed by atoms with Crippen LogP contribution in [-0.2, 0) is 13.2 Å². The first kappa shape index (κ1) is 17.8. The Hall–Kier alpha value is -3.06. The SMILES string of the molecule is COc1cc(Cl)ccc1C(=O)NCc1noc(COc2ccccc2)n1. The zero-order valence-corrected chi connectivity index (χ0v) is 14.7. The average molecular weight is 374 g/mol. The predicted octanol–water partition coefficient (Wildman–Crippen LogP) is 3.24. The Balaban J connectivity index is 1.55. The summed E-state index contributed by atoms with van der Waals surface area (Å²) in [7, 11) is 1.47. The van der Waals surface area contributed by atoms with E-state index in [9.17, 15) is 4.79 Å². The molecule has 1 N–H and O–H groups in total. The molecule has 7 nitrogen and oxygen atoms in total. The maximum atomic E-state index is 12.3. The maximum Gasteiger partial charge on any atom is 0.264 e. The van der Waals surface area contributed by atoms with Crippen LogP contribution in [0.25, 0.3) is 0 Å². The second-order valence-electron chi connectivity index (χ2n) is 5.23. The fourth-order valence-corrected chi connectivity index (χ4v) is 2.35. The highest BCUT2D eigenvalue weighted by Crippen LogP contribution is 2.23. The number of para-hydroxylation sites is 1. The van der Waals surface area contributed by atoms with E-state index < -0.39 is 0 Å². The first-order valence-electron chi connectivity index (χ1n) is 7.77. The van der Waals surface area contributed by atoms with Crippen LogP contribution in [0.3, 0.4) is 0 Å². The molecule has 3 rings (SSSR count). The van der Waals surface area contributed by atoms with Crippen molar-refractivity contribution in [2.75, 3.05) is 7.11 Å². The van der Waals surface area contributed by atoms with Crippen molar-refractivity contribution < 1.29 is 18.8 Å². The summed E-state index contributed by atoms with van der Waals surface area (Å²) in [5.41, 5.74) is 0.369. The van der Waals surface area contributed by atoms with Gasteiger partial charge < -0.3 is 19.3 Å². The van der Waals surface area contributed by atoms with Crippen LogP contribution in [0.15, 0.2) is 53.1 Å². The van der Waals surface area contributed by atoms with Crippen molar-refractivity contribution >= 4 is 17.5 Å². The standard InChI is InChI=1S/C18H16ClN3O4/c1-24-15-9-12(19)7-8-14(15)18(23)20-10-16-21-17(26-22-16)11-25-13-5-3-2-4-6-13/h2-9H,10-11H2,1H3,(H,20,23). The molecule has 3 aromatic rings. The summed E-state index contributed by atoms with van der Waals surface area (Å²) < 4.78 is 15.8. The van der Waals surface area contributed by atoms with Gasteiger partial charge in [-0.2, -0.15) is 4.98 Å². The van der Waals surface area contributed by atoms with Gasteiger partial charge in [0.2, 0.25) is 0 Å². The molecule has 2 aromatic carbocycles. The molecular formula is C18H16ClN3O4.